The van der Waals surface area contributed by atoms with Gasteiger partial charge in [-0.3, -0.25) is 14.5 Å². The molecule has 1 aromatic heterocycles. The Hall–Kier alpha value is -2.92. The van der Waals surface area contributed by atoms with E-state index in [4.69, 9.17) is 0 Å². The number of para-hydroxylation sites is 1. The largest absolute Gasteiger partial charge is 0.354 e. The van der Waals surface area contributed by atoms with Crippen molar-refractivity contribution in [2.45, 2.75) is 13.8 Å². The minimum atomic E-state index is 0.0165. The Balaban J connectivity index is 1.56. The Bertz CT molecular complexity index is 1020. The lowest BCUT2D eigenvalue weighted by molar-refractivity contribution is -0.136. The Kier molecular flexibility index (Phi) is 5.49. The second-order valence-corrected chi connectivity index (χ2v) is 7.97. The van der Waals surface area contributed by atoms with Gasteiger partial charge in [-0.05, 0) is 11.6 Å². The first-order chi connectivity index (χ1) is 14.0. The maximum Gasteiger partial charge on any atom is 0.225 e. The number of fused-ring (bicyclic) bond motifs is 1. The van der Waals surface area contributed by atoms with Crippen molar-refractivity contribution in [3.8, 4) is 11.3 Å². The number of carbonyl (C=O) groups is 2. The molecular formula is C24H27N3O2. The molecule has 150 valence electrons. The highest BCUT2D eigenvalue weighted by molar-refractivity contribution is 6.14. The molecule has 5 nitrogen and oxygen atoms in total. The lowest BCUT2D eigenvalue weighted by atomic mass is 10.0. The summed E-state index contributed by atoms with van der Waals surface area (Å²) in [6, 6.07) is 18.0. The number of aromatic nitrogens is 1. The van der Waals surface area contributed by atoms with Gasteiger partial charge in [0.15, 0.2) is 5.78 Å². The van der Waals surface area contributed by atoms with Crippen molar-refractivity contribution in [2.24, 2.45) is 5.92 Å². The lowest BCUT2D eigenvalue weighted by Crippen LogP contribution is -2.50. The molecule has 0 bridgehead atoms. The Morgan fingerprint density at radius 2 is 1.59 bits per heavy atom. The molecule has 4 rings (SSSR count). The van der Waals surface area contributed by atoms with Crippen LogP contribution in [-0.4, -0.2) is 59.2 Å². The summed E-state index contributed by atoms with van der Waals surface area (Å²) in [6.45, 7) is 7.06. The Morgan fingerprint density at radius 1 is 0.931 bits per heavy atom. The van der Waals surface area contributed by atoms with Crippen molar-refractivity contribution in [2.75, 3.05) is 32.7 Å². The summed E-state index contributed by atoms with van der Waals surface area (Å²) in [7, 11) is 0. The van der Waals surface area contributed by atoms with Crippen LogP contribution in [0.3, 0.4) is 0 Å². The highest BCUT2D eigenvalue weighted by Gasteiger charge is 2.26. The van der Waals surface area contributed by atoms with Gasteiger partial charge in [-0.15, -0.1) is 0 Å². The van der Waals surface area contributed by atoms with Crippen LogP contribution in [0.15, 0.2) is 54.6 Å². The molecule has 0 unspecified atom stereocenters. The van der Waals surface area contributed by atoms with Crippen LogP contribution in [0.25, 0.3) is 22.2 Å². The summed E-state index contributed by atoms with van der Waals surface area (Å²) in [4.78, 5) is 33.1. The zero-order chi connectivity index (χ0) is 20.4. The molecule has 0 spiro atoms. The van der Waals surface area contributed by atoms with Crippen LogP contribution in [0, 0.1) is 5.92 Å². The maximum atomic E-state index is 13.4. The van der Waals surface area contributed by atoms with Crippen LogP contribution in [0.5, 0.6) is 0 Å². The van der Waals surface area contributed by atoms with Gasteiger partial charge in [0.2, 0.25) is 5.91 Å². The summed E-state index contributed by atoms with van der Waals surface area (Å²) in [5.41, 5.74) is 3.62. The first-order valence-corrected chi connectivity index (χ1v) is 10.2. The van der Waals surface area contributed by atoms with Crippen LogP contribution in [0.2, 0.25) is 0 Å². The molecule has 2 heterocycles. The molecule has 3 aromatic rings. The van der Waals surface area contributed by atoms with Gasteiger partial charge in [0, 0.05) is 43.0 Å². The first-order valence-electron chi connectivity index (χ1n) is 10.2. The summed E-state index contributed by atoms with van der Waals surface area (Å²) in [5.74, 6) is 0.326. The third-order valence-corrected chi connectivity index (χ3v) is 5.59. The average molecular weight is 389 g/mol. The minimum Gasteiger partial charge on any atom is -0.354 e. The van der Waals surface area contributed by atoms with Crippen molar-refractivity contribution in [3.63, 3.8) is 0 Å². The van der Waals surface area contributed by atoms with E-state index in [9.17, 15) is 9.59 Å². The Labute approximate surface area is 171 Å². The number of amides is 1. The monoisotopic (exact) mass is 389 g/mol. The summed E-state index contributed by atoms with van der Waals surface area (Å²) >= 11 is 0. The molecule has 2 aromatic carbocycles. The summed E-state index contributed by atoms with van der Waals surface area (Å²) < 4.78 is 0. The number of aromatic amines is 1. The van der Waals surface area contributed by atoms with Crippen molar-refractivity contribution in [1.82, 2.24) is 14.8 Å². The van der Waals surface area contributed by atoms with Gasteiger partial charge in [-0.2, -0.15) is 0 Å². The van der Waals surface area contributed by atoms with Crippen molar-refractivity contribution >= 4 is 22.6 Å². The predicted octanol–water partition coefficient (Wildman–Crippen LogP) is 3.82. The summed E-state index contributed by atoms with van der Waals surface area (Å²) in [6.07, 6.45) is 0. The predicted molar refractivity (Wildman–Crippen MR) is 116 cm³/mol. The van der Waals surface area contributed by atoms with Crippen LogP contribution >= 0.6 is 0 Å². The number of hydrogen-bond donors (Lipinski definition) is 1. The zero-order valence-corrected chi connectivity index (χ0v) is 17.0. The summed E-state index contributed by atoms with van der Waals surface area (Å²) in [5, 5.41) is 0.963. The lowest BCUT2D eigenvalue weighted by Gasteiger charge is -2.35. The van der Waals surface area contributed by atoms with Crippen LogP contribution in [0.4, 0.5) is 0 Å². The quantitative estimate of drug-likeness (QED) is 0.675. The molecule has 1 fully saturated rings. The van der Waals surface area contributed by atoms with E-state index in [-0.39, 0.29) is 17.6 Å². The highest BCUT2D eigenvalue weighted by Crippen LogP contribution is 2.30. The second-order valence-electron chi connectivity index (χ2n) is 7.97. The van der Waals surface area contributed by atoms with E-state index < -0.39 is 0 Å². The molecule has 29 heavy (non-hydrogen) atoms. The fourth-order valence-electron chi connectivity index (χ4n) is 4.03. The van der Waals surface area contributed by atoms with Gasteiger partial charge in [-0.1, -0.05) is 62.4 Å². The van der Waals surface area contributed by atoms with Gasteiger partial charge in [0.25, 0.3) is 0 Å². The van der Waals surface area contributed by atoms with Crippen LogP contribution in [0.1, 0.15) is 24.2 Å². The number of rotatable bonds is 5. The Morgan fingerprint density at radius 3 is 2.28 bits per heavy atom. The van der Waals surface area contributed by atoms with Crippen molar-refractivity contribution in [1.29, 1.82) is 0 Å². The third-order valence-electron chi connectivity index (χ3n) is 5.59. The third kappa shape index (κ3) is 3.96. The minimum absolute atomic E-state index is 0.0165. The fraction of sp³-hybridized carbons (Fsp3) is 0.333. The molecule has 0 aliphatic carbocycles. The van der Waals surface area contributed by atoms with E-state index in [0.29, 0.717) is 19.6 Å². The molecule has 0 saturated carbocycles. The molecule has 1 saturated heterocycles. The molecule has 0 radical (unpaired) electrons. The van der Waals surface area contributed by atoms with E-state index in [1.54, 1.807) is 0 Å². The van der Waals surface area contributed by atoms with E-state index in [1.807, 2.05) is 73.3 Å². The smallest absolute Gasteiger partial charge is 0.225 e. The van der Waals surface area contributed by atoms with Crippen LogP contribution in [-0.2, 0) is 4.79 Å². The van der Waals surface area contributed by atoms with E-state index in [1.165, 1.54) is 0 Å². The SMILES string of the molecule is CC(C)C(=O)N1CCN(CC(=O)c2c(-c3ccccc3)[nH]c3ccccc23)CC1. The number of piperazine rings is 1. The molecule has 5 heteroatoms. The molecule has 1 amide bonds. The van der Waals surface area contributed by atoms with E-state index >= 15 is 0 Å². The van der Waals surface area contributed by atoms with Gasteiger partial charge in [-0.25, -0.2) is 0 Å². The molecular weight excluding hydrogens is 362 g/mol. The normalized spacial score (nSPS) is 15.2. The molecule has 1 aliphatic rings. The highest BCUT2D eigenvalue weighted by atomic mass is 16.2. The molecule has 0 atom stereocenters. The number of carbonyl (C=O) groups excluding carboxylic acids is 2. The second kappa shape index (κ2) is 8.21. The number of nitrogens with one attached hydrogen (secondary N) is 1. The molecule has 1 aliphatic heterocycles. The number of hydrogen-bond acceptors (Lipinski definition) is 3. The average Bonchev–Trinajstić information content (AvgIpc) is 3.14. The number of nitrogens with zero attached hydrogens (tertiary/aromatic N) is 2. The number of benzene rings is 2. The van der Waals surface area contributed by atoms with Crippen molar-refractivity contribution in [3.05, 3.63) is 60.2 Å². The van der Waals surface area contributed by atoms with Gasteiger partial charge < -0.3 is 9.88 Å². The fourth-order valence-corrected chi connectivity index (χ4v) is 4.03. The standard InChI is InChI=1S/C24H27N3O2/c1-17(2)24(29)27-14-12-26(13-15-27)16-21(28)22-19-10-6-7-11-20(19)25-23(22)18-8-4-3-5-9-18/h3-11,17,25H,12-16H2,1-2H3. The topological polar surface area (TPSA) is 56.4 Å². The zero-order valence-electron chi connectivity index (χ0n) is 17.0. The van der Waals surface area contributed by atoms with Crippen LogP contribution < -0.4 is 0 Å². The first kappa shape index (κ1) is 19.4. The maximum absolute atomic E-state index is 13.4. The van der Waals surface area contributed by atoms with E-state index in [2.05, 4.69) is 9.88 Å². The van der Waals surface area contributed by atoms with Crippen molar-refractivity contribution < 1.29 is 9.59 Å². The number of Topliss-reactive ketones (excluding diaryl/α,β-unsaturated/α-hetero) is 1. The molecule has 1 N–H and O–H groups in total. The van der Waals surface area contributed by atoms with E-state index in [0.717, 1.165) is 40.8 Å². The van der Waals surface area contributed by atoms with Gasteiger partial charge in [0.05, 0.1) is 17.8 Å². The number of ketones is 1. The number of H-pyrrole nitrogens is 1. The van der Waals surface area contributed by atoms with Gasteiger partial charge >= 0.3 is 0 Å². The van der Waals surface area contributed by atoms with Gasteiger partial charge in [0.1, 0.15) is 0 Å².